The van der Waals surface area contributed by atoms with E-state index in [2.05, 4.69) is 20.7 Å². The van der Waals surface area contributed by atoms with Crippen LogP contribution in [0.5, 0.6) is 5.75 Å². The van der Waals surface area contributed by atoms with E-state index in [4.69, 9.17) is 16.3 Å². The Morgan fingerprint density at radius 3 is 2.56 bits per heavy atom. The van der Waals surface area contributed by atoms with Gasteiger partial charge in [-0.25, -0.2) is 13.1 Å². The van der Waals surface area contributed by atoms with Gasteiger partial charge in [-0.15, -0.1) is 0 Å². The molecule has 0 spiro atoms. The predicted molar refractivity (Wildman–Crippen MR) is 101 cm³/mol. The van der Waals surface area contributed by atoms with Gasteiger partial charge in [0.15, 0.2) is 0 Å². The highest BCUT2D eigenvalue weighted by Crippen LogP contribution is 2.28. The molecule has 2 rings (SSSR count). The summed E-state index contributed by atoms with van der Waals surface area (Å²) in [4.78, 5) is 12.1. The van der Waals surface area contributed by atoms with Gasteiger partial charge in [-0.05, 0) is 65.2 Å². The van der Waals surface area contributed by atoms with Crippen LogP contribution in [-0.4, -0.2) is 20.9 Å². The van der Waals surface area contributed by atoms with Gasteiger partial charge in [0.05, 0.1) is 22.4 Å². The molecule has 2 aromatic carbocycles. The van der Waals surface area contributed by atoms with Crippen LogP contribution in [0.25, 0.3) is 0 Å². The normalized spacial score (nSPS) is 11.2. The standard InChI is InChI=1S/C17H17BrClNO4S/c1-3-24-16-7-6-13(10-14(16)18)25(22,23)20-17(21)9-12-5-4-11(2)8-15(12)19/h4-8,10H,3,9H2,1-2H3,(H,20,21). The van der Waals surface area contributed by atoms with Crippen molar-refractivity contribution in [3.8, 4) is 5.75 Å². The first-order valence-electron chi connectivity index (χ1n) is 7.46. The summed E-state index contributed by atoms with van der Waals surface area (Å²) >= 11 is 9.34. The van der Waals surface area contributed by atoms with Gasteiger partial charge in [-0.2, -0.15) is 0 Å². The number of aryl methyl sites for hydroxylation is 1. The molecule has 1 N–H and O–H groups in total. The summed E-state index contributed by atoms with van der Waals surface area (Å²) in [6.07, 6.45) is -0.128. The van der Waals surface area contributed by atoms with Gasteiger partial charge in [0.25, 0.3) is 10.0 Å². The molecule has 0 bridgehead atoms. The summed E-state index contributed by atoms with van der Waals surface area (Å²) < 4.78 is 32.6. The highest BCUT2D eigenvalue weighted by Gasteiger charge is 2.20. The fourth-order valence-corrected chi connectivity index (χ4v) is 4.09. The summed E-state index contributed by atoms with van der Waals surface area (Å²) in [7, 11) is -3.98. The third-order valence-corrected chi connectivity index (χ3v) is 5.66. The predicted octanol–water partition coefficient (Wildman–Crippen LogP) is 3.86. The number of carbonyl (C=O) groups is 1. The molecule has 0 fully saturated rings. The van der Waals surface area contributed by atoms with E-state index in [1.807, 2.05) is 19.9 Å². The van der Waals surface area contributed by atoms with Gasteiger partial charge in [0.2, 0.25) is 5.91 Å². The molecule has 0 aromatic heterocycles. The Bertz CT molecular complexity index is 900. The van der Waals surface area contributed by atoms with Crippen LogP contribution in [0.4, 0.5) is 0 Å². The fraction of sp³-hybridized carbons (Fsp3) is 0.235. The van der Waals surface area contributed by atoms with Crippen molar-refractivity contribution in [3.63, 3.8) is 0 Å². The molecule has 25 heavy (non-hydrogen) atoms. The maximum Gasteiger partial charge on any atom is 0.264 e. The van der Waals surface area contributed by atoms with Crippen LogP contribution in [0, 0.1) is 6.92 Å². The summed E-state index contributed by atoms with van der Waals surface area (Å²) in [6, 6.07) is 9.54. The zero-order valence-corrected chi connectivity index (χ0v) is 16.8. The number of hydrogen-bond acceptors (Lipinski definition) is 4. The van der Waals surface area contributed by atoms with Gasteiger partial charge in [-0.3, -0.25) is 4.79 Å². The lowest BCUT2D eigenvalue weighted by atomic mass is 10.1. The number of amides is 1. The van der Waals surface area contributed by atoms with Crippen LogP contribution >= 0.6 is 27.5 Å². The van der Waals surface area contributed by atoms with E-state index in [0.717, 1.165) is 5.56 Å². The van der Waals surface area contributed by atoms with Crippen molar-refractivity contribution in [1.82, 2.24) is 4.72 Å². The zero-order valence-electron chi connectivity index (χ0n) is 13.7. The van der Waals surface area contributed by atoms with E-state index in [1.54, 1.807) is 12.1 Å². The van der Waals surface area contributed by atoms with E-state index in [1.165, 1.54) is 18.2 Å². The van der Waals surface area contributed by atoms with Crippen LogP contribution < -0.4 is 9.46 Å². The molecule has 0 saturated carbocycles. The third-order valence-electron chi connectivity index (χ3n) is 3.32. The molecule has 0 saturated heterocycles. The average Bonchev–Trinajstić information content (AvgIpc) is 2.51. The van der Waals surface area contributed by atoms with E-state index in [-0.39, 0.29) is 11.3 Å². The summed E-state index contributed by atoms with van der Waals surface area (Å²) in [5.74, 6) is -0.130. The molecule has 0 unspecified atom stereocenters. The minimum absolute atomic E-state index is 0.0359. The van der Waals surface area contributed by atoms with Crippen molar-refractivity contribution in [2.24, 2.45) is 0 Å². The minimum Gasteiger partial charge on any atom is -0.493 e. The summed E-state index contributed by atoms with van der Waals surface area (Å²) in [5.41, 5.74) is 1.52. The monoisotopic (exact) mass is 445 g/mol. The number of benzene rings is 2. The van der Waals surface area contributed by atoms with Gasteiger partial charge in [0, 0.05) is 5.02 Å². The second-order valence-corrected chi connectivity index (χ2v) is 8.27. The van der Waals surface area contributed by atoms with Gasteiger partial charge in [0.1, 0.15) is 5.75 Å². The Morgan fingerprint density at radius 2 is 1.96 bits per heavy atom. The first-order valence-corrected chi connectivity index (χ1v) is 10.1. The lowest BCUT2D eigenvalue weighted by molar-refractivity contribution is -0.118. The molecule has 2 aromatic rings. The van der Waals surface area contributed by atoms with Crippen molar-refractivity contribution in [3.05, 3.63) is 57.0 Å². The SMILES string of the molecule is CCOc1ccc(S(=O)(=O)NC(=O)Cc2ccc(C)cc2Cl)cc1Br. The number of hydrogen-bond donors (Lipinski definition) is 1. The van der Waals surface area contributed by atoms with Crippen molar-refractivity contribution in [1.29, 1.82) is 0 Å². The van der Waals surface area contributed by atoms with Crippen LogP contribution in [0.2, 0.25) is 5.02 Å². The van der Waals surface area contributed by atoms with Gasteiger partial charge in [-0.1, -0.05) is 23.7 Å². The molecule has 5 nitrogen and oxygen atoms in total. The smallest absolute Gasteiger partial charge is 0.264 e. The number of nitrogens with one attached hydrogen (secondary N) is 1. The van der Waals surface area contributed by atoms with E-state index in [9.17, 15) is 13.2 Å². The molecule has 0 aliphatic rings. The molecule has 8 heteroatoms. The molecular formula is C17H17BrClNO4S. The second-order valence-electron chi connectivity index (χ2n) is 5.33. The number of rotatable bonds is 6. The largest absolute Gasteiger partial charge is 0.493 e. The van der Waals surface area contributed by atoms with Crippen LogP contribution in [0.3, 0.4) is 0 Å². The van der Waals surface area contributed by atoms with E-state index < -0.39 is 15.9 Å². The third kappa shape index (κ3) is 5.20. The number of ether oxygens (including phenoxy) is 1. The number of halogens is 2. The lowest BCUT2D eigenvalue weighted by Gasteiger charge is -2.10. The fourth-order valence-electron chi connectivity index (χ4n) is 2.13. The van der Waals surface area contributed by atoms with Crippen molar-refractivity contribution in [2.45, 2.75) is 25.2 Å². The van der Waals surface area contributed by atoms with Gasteiger partial charge >= 0.3 is 0 Å². The zero-order chi connectivity index (χ0) is 18.6. The summed E-state index contributed by atoms with van der Waals surface area (Å²) in [5, 5.41) is 0.427. The maximum absolute atomic E-state index is 12.4. The number of carbonyl (C=O) groups excluding carboxylic acids is 1. The topological polar surface area (TPSA) is 72.5 Å². The second kappa shape index (κ2) is 8.21. The molecule has 0 heterocycles. The molecule has 0 aliphatic heterocycles. The Kier molecular flexibility index (Phi) is 6.48. The van der Waals surface area contributed by atoms with E-state index in [0.29, 0.717) is 27.4 Å². The molecule has 0 aliphatic carbocycles. The first-order chi connectivity index (χ1) is 11.7. The Hall–Kier alpha value is -1.57. The van der Waals surface area contributed by atoms with Crippen LogP contribution in [0.15, 0.2) is 45.8 Å². The highest BCUT2D eigenvalue weighted by molar-refractivity contribution is 9.10. The average molecular weight is 447 g/mol. The van der Waals surface area contributed by atoms with Crippen molar-refractivity contribution in [2.75, 3.05) is 6.61 Å². The lowest BCUT2D eigenvalue weighted by Crippen LogP contribution is -2.31. The Labute approximate surface area is 160 Å². The number of sulfonamides is 1. The van der Waals surface area contributed by atoms with E-state index >= 15 is 0 Å². The maximum atomic E-state index is 12.4. The summed E-state index contributed by atoms with van der Waals surface area (Å²) in [6.45, 7) is 4.16. The van der Waals surface area contributed by atoms with Crippen LogP contribution in [-0.2, 0) is 21.2 Å². The Balaban J connectivity index is 2.15. The molecule has 0 atom stereocenters. The highest BCUT2D eigenvalue weighted by atomic mass is 79.9. The van der Waals surface area contributed by atoms with Crippen LogP contribution in [0.1, 0.15) is 18.1 Å². The molecule has 134 valence electrons. The molecule has 0 radical (unpaired) electrons. The first kappa shape index (κ1) is 19.8. The minimum atomic E-state index is -3.98. The molecular weight excluding hydrogens is 430 g/mol. The quantitative estimate of drug-likeness (QED) is 0.731. The van der Waals surface area contributed by atoms with Crippen molar-refractivity contribution >= 4 is 43.5 Å². The van der Waals surface area contributed by atoms with Gasteiger partial charge < -0.3 is 4.74 Å². The van der Waals surface area contributed by atoms with Crippen molar-refractivity contribution < 1.29 is 17.9 Å². The Morgan fingerprint density at radius 1 is 1.24 bits per heavy atom. The molecule has 1 amide bonds.